The second-order valence-corrected chi connectivity index (χ2v) is 7.11. The van der Waals surface area contributed by atoms with E-state index >= 15 is 0 Å². The first-order valence-electron chi connectivity index (χ1n) is 10.0. The van der Waals surface area contributed by atoms with E-state index in [0.29, 0.717) is 36.4 Å². The maximum atomic E-state index is 12.7. The van der Waals surface area contributed by atoms with Crippen molar-refractivity contribution in [2.24, 2.45) is 0 Å². The van der Waals surface area contributed by atoms with Gasteiger partial charge < -0.3 is 29.7 Å². The summed E-state index contributed by atoms with van der Waals surface area (Å²) in [6.07, 6.45) is -2.93. The van der Waals surface area contributed by atoms with Crippen LogP contribution in [0.3, 0.4) is 0 Å². The van der Waals surface area contributed by atoms with Gasteiger partial charge in [0, 0.05) is 53.9 Å². The van der Waals surface area contributed by atoms with Crippen molar-refractivity contribution in [1.29, 1.82) is 0 Å². The van der Waals surface area contributed by atoms with Crippen molar-refractivity contribution < 1.29 is 111 Å². The number of carboxylic acids is 3. The number of hydrogen-bond acceptors (Lipinski definition) is 6. The molecule has 0 amide bonds. The van der Waals surface area contributed by atoms with Crippen LogP contribution < -0.4 is 15.3 Å². The Balaban J connectivity index is 0.000000563. The molecule has 0 aliphatic heterocycles. The largest absolute Gasteiger partial charge is 3.00 e. The Morgan fingerprint density at radius 1 is 0.425 bits per heavy atom. The van der Waals surface area contributed by atoms with Crippen molar-refractivity contribution in [3.8, 4) is 0 Å². The van der Waals surface area contributed by atoms with E-state index in [9.17, 15) is 69.2 Å². The van der Waals surface area contributed by atoms with Gasteiger partial charge in [-0.05, 0) is 36.4 Å². The zero-order chi connectivity index (χ0) is 30.0. The molecule has 0 fully saturated rings. The summed E-state index contributed by atoms with van der Waals surface area (Å²) in [5, 5.41) is 30.1. The molecule has 3 aromatic rings. The third-order valence-electron chi connectivity index (χ3n) is 4.38. The maximum Gasteiger partial charge on any atom is 3.00 e. The summed E-state index contributed by atoms with van der Waals surface area (Å²) in [6, 6.07) is 3.75. The van der Waals surface area contributed by atoms with Crippen LogP contribution in [0.5, 0.6) is 0 Å². The number of benzene rings is 3. The SMILES string of the molecule is O=C([O-])Cc1c(F)ccc(F)c1F.O=C([O-])Cc1c(F)ccc(F)c1F.O=C([O-])Cc1c(F)ccc(F)c1F.[Ce+3]. The van der Waals surface area contributed by atoms with Crippen molar-refractivity contribution >= 4 is 17.9 Å². The van der Waals surface area contributed by atoms with Crippen molar-refractivity contribution in [3.05, 3.63) is 105 Å². The summed E-state index contributed by atoms with van der Waals surface area (Å²) in [5.41, 5.74) is -2.46. The summed E-state index contributed by atoms with van der Waals surface area (Å²) < 4.78 is 114. The summed E-state index contributed by atoms with van der Waals surface area (Å²) in [6.45, 7) is 0. The van der Waals surface area contributed by atoms with Crippen LogP contribution in [0.25, 0.3) is 0 Å². The third-order valence-corrected chi connectivity index (χ3v) is 4.38. The Bertz CT molecular complexity index is 1220. The van der Waals surface area contributed by atoms with Crippen molar-refractivity contribution in [3.63, 3.8) is 0 Å². The molecule has 16 heteroatoms. The van der Waals surface area contributed by atoms with Gasteiger partial charge in [-0.1, -0.05) is 0 Å². The Labute approximate surface area is 252 Å². The topological polar surface area (TPSA) is 120 Å². The molecule has 0 aromatic heterocycles. The van der Waals surface area contributed by atoms with E-state index in [0.717, 1.165) is 0 Å². The quantitative estimate of drug-likeness (QED) is 0.281. The van der Waals surface area contributed by atoms with E-state index in [4.69, 9.17) is 0 Å². The molecule has 0 saturated carbocycles. The van der Waals surface area contributed by atoms with Crippen LogP contribution in [0.1, 0.15) is 16.7 Å². The molecule has 0 spiro atoms. The Morgan fingerprint density at radius 3 is 0.775 bits per heavy atom. The molecule has 1 radical (unpaired) electrons. The molecule has 3 rings (SSSR count). The smallest absolute Gasteiger partial charge is 0.550 e. The molecule has 6 nitrogen and oxygen atoms in total. The molecule has 40 heavy (non-hydrogen) atoms. The maximum absolute atomic E-state index is 12.7. The van der Waals surface area contributed by atoms with Gasteiger partial charge in [0.2, 0.25) is 0 Å². The fourth-order valence-electron chi connectivity index (χ4n) is 2.63. The molecule has 0 aliphatic carbocycles. The fourth-order valence-corrected chi connectivity index (χ4v) is 2.63. The van der Waals surface area contributed by atoms with Crippen molar-refractivity contribution in [2.75, 3.05) is 0 Å². The van der Waals surface area contributed by atoms with Crippen LogP contribution in [0.4, 0.5) is 39.5 Å². The normalized spacial score (nSPS) is 9.82. The minimum absolute atomic E-state index is 0. The van der Waals surface area contributed by atoms with E-state index in [2.05, 4.69) is 0 Å². The standard InChI is InChI=1S/3C8H5F3O2.Ce/c3*9-5-1-2-6(10)8(11)4(5)3-7(12)13;/h3*1-2H,3H2,(H,12,13);/q;;;+3/p-3. The summed E-state index contributed by atoms with van der Waals surface area (Å²) in [5.74, 6) is -16.6. The first-order chi connectivity index (χ1) is 18.1. The number of carbonyl (C=O) groups is 3. The minimum atomic E-state index is -1.66. The zero-order valence-corrected chi connectivity index (χ0v) is 22.6. The molecule has 0 aliphatic rings. The second-order valence-electron chi connectivity index (χ2n) is 7.11. The minimum Gasteiger partial charge on any atom is -0.550 e. The Morgan fingerprint density at radius 2 is 0.600 bits per heavy atom. The molecule has 211 valence electrons. The molecule has 0 atom stereocenters. The number of aliphatic carboxylic acids is 3. The van der Waals surface area contributed by atoms with Gasteiger partial charge in [-0.15, -0.1) is 0 Å². The second kappa shape index (κ2) is 16.8. The molecule has 3 aromatic carbocycles. The molecule has 0 saturated heterocycles. The molecule has 0 heterocycles. The van der Waals surface area contributed by atoms with Crippen LogP contribution in [0.15, 0.2) is 36.4 Å². The summed E-state index contributed by atoms with van der Waals surface area (Å²) in [7, 11) is 0. The first-order valence-corrected chi connectivity index (χ1v) is 10.0. The predicted octanol–water partition coefficient (Wildman–Crippen LogP) is 1.19. The molecular formula is C24H12CeF9O6. The van der Waals surface area contributed by atoms with E-state index in [-0.39, 0.29) is 41.7 Å². The number of hydrogen-bond donors (Lipinski definition) is 0. The van der Waals surface area contributed by atoms with E-state index < -0.39 is 106 Å². The zero-order valence-electron chi connectivity index (χ0n) is 19.4. The van der Waals surface area contributed by atoms with Gasteiger partial charge >= 0.3 is 41.7 Å². The molecule has 0 N–H and O–H groups in total. The fraction of sp³-hybridized carbons (Fsp3) is 0.125. The van der Waals surface area contributed by atoms with Crippen LogP contribution in [-0.2, 0) is 33.6 Å². The van der Waals surface area contributed by atoms with Gasteiger partial charge in [0.1, 0.15) is 17.5 Å². The van der Waals surface area contributed by atoms with Crippen LogP contribution >= 0.6 is 0 Å². The van der Waals surface area contributed by atoms with Crippen LogP contribution in [0.2, 0.25) is 0 Å². The van der Waals surface area contributed by atoms with Gasteiger partial charge in [0.15, 0.2) is 34.9 Å². The van der Waals surface area contributed by atoms with E-state index in [1.165, 1.54) is 0 Å². The van der Waals surface area contributed by atoms with Crippen LogP contribution in [0, 0.1) is 94.1 Å². The van der Waals surface area contributed by atoms with Crippen LogP contribution in [-0.4, -0.2) is 17.9 Å². The number of carbonyl (C=O) groups excluding carboxylic acids is 3. The molecule has 0 unspecified atom stereocenters. The van der Waals surface area contributed by atoms with Gasteiger partial charge in [0.05, 0.1) is 0 Å². The molecule has 0 bridgehead atoms. The monoisotopic (exact) mass is 707 g/mol. The van der Waals surface area contributed by atoms with Gasteiger partial charge in [-0.2, -0.15) is 0 Å². The first kappa shape index (κ1) is 36.8. The third kappa shape index (κ3) is 11.1. The number of carboxylic acid groups (broad SMARTS) is 3. The van der Waals surface area contributed by atoms with E-state index in [1.54, 1.807) is 0 Å². The summed E-state index contributed by atoms with van der Waals surface area (Å²) >= 11 is 0. The van der Waals surface area contributed by atoms with Gasteiger partial charge in [0.25, 0.3) is 0 Å². The van der Waals surface area contributed by atoms with Crippen molar-refractivity contribution in [1.82, 2.24) is 0 Å². The molecular weight excluding hydrogens is 695 g/mol. The van der Waals surface area contributed by atoms with Gasteiger partial charge in [-0.3, -0.25) is 0 Å². The van der Waals surface area contributed by atoms with Crippen molar-refractivity contribution in [2.45, 2.75) is 19.3 Å². The number of halogens is 9. The Kier molecular flexibility index (Phi) is 15.5. The predicted molar refractivity (Wildman–Crippen MR) is 105 cm³/mol. The van der Waals surface area contributed by atoms with E-state index in [1.807, 2.05) is 0 Å². The Hall–Kier alpha value is -3.18. The van der Waals surface area contributed by atoms with Gasteiger partial charge in [-0.25, -0.2) is 39.5 Å². The average Bonchev–Trinajstić information content (AvgIpc) is 2.85. The number of rotatable bonds is 6. The summed E-state index contributed by atoms with van der Waals surface area (Å²) in [4.78, 5) is 30.1. The average molecular weight is 707 g/mol.